The number of methoxy groups -OCH3 is 1. The van der Waals surface area contributed by atoms with Gasteiger partial charge >= 0.3 is 0 Å². The van der Waals surface area contributed by atoms with Gasteiger partial charge in [-0.1, -0.05) is 36.9 Å². The Morgan fingerprint density at radius 2 is 1.80 bits per heavy atom. The van der Waals surface area contributed by atoms with Crippen LogP contribution in [0.3, 0.4) is 0 Å². The van der Waals surface area contributed by atoms with Gasteiger partial charge < -0.3 is 29.7 Å². The zero-order valence-corrected chi connectivity index (χ0v) is 24.4. The minimum absolute atomic E-state index is 0.0693. The van der Waals surface area contributed by atoms with E-state index in [1.807, 2.05) is 71.8 Å². The average Bonchev–Trinajstić information content (AvgIpc) is 3.56. The van der Waals surface area contributed by atoms with E-state index in [2.05, 4.69) is 38.1 Å². The summed E-state index contributed by atoms with van der Waals surface area (Å²) in [6.07, 6.45) is 3.51. The molecule has 226 valence electrons. The molecule has 2 N–H and O–H groups in total. The molecule has 11 nitrogen and oxygen atoms in total. The van der Waals surface area contributed by atoms with Gasteiger partial charge in [-0.2, -0.15) is 0 Å². The van der Waals surface area contributed by atoms with Crippen LogP contribution in [0.2, 0.25) is 0 Å². The molecule has 6 rings (SSSR count). The van der Waals surface area contributed by atoms with Gasteiger partial charge in [0.15, 0.2) is 5.82 Å². The van der Waals surface area contributed by atoms with Gasteiger partial charge in [-0.15, -0.1) is 0 Å². The van der Waals surface area contributed by atoms with Crippen molar-refractivity contribution in [3.8, 4) is 17.2 Å². The van der Waals surface area contributed by atoms with Crippen LogP contribution in [0.4, 0.5) is 28.7 Å². The molecule has 0 saturated carbocycles. The number of aromatic nitrogens is 2. The number of para-hydroxylation sites is 1. The third kappa shape index (κ3) is 6.59. The second-order valence-electron chi connectivity index (χ2n) is 10.2. The fraction of sp³-hybridized carbons (Fsp3) is 0.242. The number of rotatable bonds is 10. The number of benzene rings is 3. The lowest BCUT2D eigenvalue weighted by molar-refractivity contribution is -0.111. The van der Waals surface area contributed by atoms with Crippen molar-refractivity contribution in [3.05, 3.63) is 97.3 Å². The molecule has 4 aromatic rings. The molecule has 1 atom stereocenters. The van der Waals surface area contributed by atoms with Crippen molar-refractivity contribution < 1.29 is 23.8 Å². The van der Waals surface area contributed by atoms with Crippen LogP contribution < -0.4 is 30.1 Å². The summed E-state index contributed by atoms with van der Waals surface area (Å²) in [4.78, 5) is 29.5. The number of hydrogen-bond acceptors (Lipinski definition) is 10. The molecular weight excluding hydrogens is 560 g/mol. The quantitative estimate of drug-likeness (QED) is 0.217. The van der Waals surface area contributed by atoms with Crippen LogP contribution in [-0.2, 0) is 14.4 Å². The summed E-state index contributed by atoms with van der Waals surface area (Å²) in [5, 5.41) is 8.08. The van der Waals surface area contributed by atoms with Crippen LogP contribution >= 0.6 is 0 Å². The summed E-state index contributed by atoms with van der Waals surface area (Å²) in [5.41, 5.74) is 3.13. The van der Waals surface area contributed by atoms with Crippen LogP contribution in [0.5, 0.6) is 17.2 Å². The first-order valence-corrected chi connectivity index (χ1v) is 14.4. The molecule has 0 bridgehead atoms. The van der Waals surface area contributed by atoms with Gasteiger partial charge in [0.1, 0.15) is 29.4 Å². The first-order valence-electron chi connectivity index (χ1n) is 14.4. The first-order chi connectivity index (χ1) is 21.6. The molecule has 3 aromatic carbocycles. The second kappa shape index (κ2) is 13.4. The number of carbonyl (C=O) groups is 1. The Kier molecular flexibility index (Phi) is 8.85. The summed E-state index contributed by atoms with van der Waals surface area (Å²) in [6, 6.07) is 23.2. The average molecular weight is 595 g/mol. The van der Waals surface area contributed by atoms with E-state index in [-0.39, 0.29) is 11.9 Å². The van der Waals surface area contributed by atoms with E-state index >= 15 is 0 Å². The third-order valence-corrected chi connectivity index (χ3v) is 7.38. The molecule has 0 radical (unpaired) electrons. The largest absolute Gasteiger partial charge is 0.494 e. The molecule has 0 aliphatic carbocycles. The van der Waals surface area contributed by atoms with Gasteiger partial charge in [0.25, 0.3) is 0 Å². The van der Waals surface area contributed by atoms with E-state index < -0.39 is 0 Å². The Labute approximate surface area is 256 Å². The number of nitrogens with zero attached hydrogens (tertiary/aromatic N) is 4. The Balaban J connectivity index is 1.25. The minimum Gasteiger partial charge on any atom is -0.494 e. The molecular formula is C33H34N6O5. The summed E-state index contributed by atoms with van der Waals surface area (Å²) < 4.78 is 17.3. The van der Waals surface area contributed by atoms with Crippen molar-refractivity contribution in [2.24, 2.45) is 0 Å². The highest BCUT2D eigenvalue weighted by molar-refractivity contribution is 6.02. The molecule has 2 aliphatic heterocycles. The molecule has 11 heteroatoms. The van der Waals surface area contributed by atoms with E-state index in [1.165, 1.54) is 12.4 Å². The number of amides is 1. The molecule has 3 heterocycles. The standard InChI is InChI=1S/C33H34N6O5/c1-3-33(40)37-26-19-27(30(41-2)20-29(26)38-13-16-42-17-14-38)36-31-21-32(35-22-34-31)39-28(12-15-43-39)23-8-7-11-25(18-23)44-24-9-5-4-6-10-24/h3-11,18-22,28H,1,12-17H2,2H3,(H,37,40)(H,34,35,36)/t28-/m1/s1. The topological polar surface area (TPSA) is 110 Å². The van der Waals surface area contributed by atoms with Gasteiger partial charge in [-0.05, 0) is 42.0 Å². The maximum atomic E-state index is 12.3. The van der Waals surface area contributed by atoms with E-state index in [9.17, 15) is 4.79 Å². The summed E-state index contributed by atoms with van der Waals surface area (Å²) in [7, 11) is 1.61. The molecule has 0 spiro atoms. The second-order valence-corrected chi connectivity index (χ2v) is 10.2. The van der Waals surface area contributed by atoms with Gasteiger partial charge in [0.05, 0.1) is 50.0 Å². The third-order valence-electron chi connectivity index (χ3n) is 7.38. The SMILES string of the molecule is C=CC(=O)Nc1cc(Nc2cc(N3OCC[C@@H]3c3cccc(Oc4ccccc4)c3)ncn2)c(OC)cc1N1CCOCC1. The number of carbonyl (C=O) groups excluding carboxylic acids is 1. The smallest absolute Gasteiger partial charge is 0.247 e. The van der Waals surface area contributed by atoms with E-state index in [0.29, 0.717) is 61.7 Å². The predicted octanol–water partition coefficient (Wildman–Crippen LogP) is 5.87. The van der Waals surface area contributed by atoms with Gasteiger partial charge in [-0.25, -0.2) is 15.0 Å². The van der Waals surface area contributed by atoms with Crippen molar-refractivity contribution in [3.63, 3.8) is 0 Å². The normalized spacial score (nSPS) is 16.3. The number of ether oxygens (including phenoxy) is 3. The zero-order chi connectivity index (χ0) is 30.3. The first kappa shape index (κ1) is 29.0. The summed E-state index contributed by atoms with van der Waals surface area (Å²) in [6.45, 7) is 6.74. The molecule has 2 aliphatic rings. The number of hydrogen-bond donors (Lipinski definition) is 2. The maximum absolute atomic E-state index is 12.3. The van der Waals surface area contributed by atoms with E-state index in [0.717, 1.165) is 29.2 Å². The molecule has 1 aromatic heterocycles. The lowest BCUT2D eigenvalue weighted by atomic mass is 10.0. The van der Waals surface area contributed by atoms with E-state index in [1.54, 1.807) is 7.11 Å². The van der Waals surface area contributed by atoms with Crippen molar-refractivity contribution in [2.45, 2.75) is 12.5 Å². The Morgan fingerprint density at radius 3 is 2.59 bits per heavy atom. The molecule has 2 fully saturated rings. The Morgan fingerprint density at radius 1 is 0.977 bits per heavy atom. The number of anilines is 5. The highest BCUT2D eigenvalue weighted by atomic mass is 16.7. The van der Waals surface area contributed by atoms with Gasteiger partial charge in [-0.3, -0.25) is 9.63 Å². The van der Waals surface area contributed by atoms with Crippen molar-refractivity contribution in [1.29, 1.82) is 0 Å². The number of morpholine rings is 1. The van der Waals surface area contributed by atoms with Crippen LogP contribution in [-0.4, -0.2) is 55.9 Å². The highest BCUT2D eigenvalue weighted by Crippen LogP contribution is 2.40. The van der Waals surface area contributed by atoms with Crippen molar-refractivity contribution >= 4 is 34.6 Å². The van der Waals surface area contributed by atoms with Crippen molar-refractivity contribution in [2.75, 3.05) is 60.6 Å². The summed E-state index contributed by atoms with van der Waals surface area (Å²) in [5.74, 6) is 2.94. The van der Waals surface area contributed by atoms with Crippen LogP contribution in [0.1, 0.15) is 18.0 Å². The van der Waals surface area contributed by atoms with Crippen LogP contribution in [0, 0.1) is 0 Å². The molecule has 44 heavy (non-hydrogen) atoms. The molecule has 0 unspecified atom stereocenters. The van der Waals surface area contributed by atoms with Gasteiger partial charge in [0.2, 0.25) is 5.91 Å². The zero-order valence-electron chi connectivity index (χ0n) is 24.4. The minimum atomic E-state index is -0.310. The lowest BCUT2D eigenvalue weighted by Gasteiger charge is -2.31. The van der Waals surface area contributed by atoms with Crippen LogP contribution in [0.15, 0.2) is 91.8 Å². The predicted molar refractivity (Wildman–Crippen MR) is 169 cm³/mol. The highest BCUT2D eigenvalue weighted by Gasteiger charge is 2.30. The number of nitrogens with one attached hydrogen (secondary N) is 2. The van der Waals surface area contributed by atoms with Crippen LogP contribution in [0.25, 0.3) is 0 Å². The Bertz CT molecular complexity index is 1610. The molecule has 2 saturated heterocycles. The van der Waals surface area contributed by atoms with Gasteiger partial charge in [0, 0.05) is 31.6 Å². The number of hydroxylamine groups is 1. The monoisotopic (exact) mass is 594 g/mol. The Hall–Kier alpha value is -5.13. The lowest BCUT2D eigenvalue weighted by Crippen LogP contribution is -2.36. The maximum Gasteiger partial charge on any atom is 0.247 e. The van der Waals surface area contributed by atoms with Crippen molar-refractivity contribution in [1.82, 2.24) is 9.97 Å². The summed E-state index contributed by atoms with van der Waals surface area (Å²) >= 11 is 0. The fourth-order valence-corrected chi connectivity index (χ4v) is 5.27. The molecule has 1 amide bonds. The fourth-order valence-electron chi connectivity index (χ4n) is 5.27. The van der Waals surface area contributed by atoms with E-state index in [4.69, 9.17) is 19.0 Å².